The summed E-state index contributed by atoms with van der Waals surface area (Å²) in [7, 11) is 0. The summed E-state index contributed by atoms with van der Waals surface area (Å²) in [5.74, 6) is 1.18. The quantitative estimate of drug-likeness (QED) is 0.897. The van der Waals surface area contributed by atoms with Crippen LogP contribution in [0.2, 0.25) is 0 Å². The minimum Gasteiger partial charge on any atom is -0.469 e. The highest BCUT2D eigenvalue weighted by molar-refractivity contribution is 5.24. The molecule has 2 unspecified atom stereocenters. The van der Waals surface area contributed by atoms with Gasteiger partial charge in [-0.05, 0) is 37.8 Å². The number of furan rings is 1. The van der Waals surface area contributed by atoms with Crippen molar-refractivity contribution in [2.45, 2.75) is 44.7 Å². The number of nitrogens with one attached hydrogen (secondary N) is 1. The van der Waals surface area contributed by atoms with Crippen molar-refractivity contribution >= 4 is 0 Å². The van der Waals surface area contributed by atoms with Gasteiger partial charge in [-0.15, -0.1) is 0 Å². The van der Waals surface area contributed by atoms with Gasteiger partial charge in [0.1, 0.15) is 5.76 Å². The van der Waals surface area contributed by atoms with Crippen molar-refractivity contribution in [3.8, 4) is 0 Å². The Morgan fingerprint density at radius 2 is 2.11 bits per heavy atom. The van der Waals surface area contributed by atoms with Crippen molar-refractivity contribution in [1.29, 1.82) is 0 Å². The zero-order valence-corrected chi connectivity index (χ0v) is 11.4. The summed E-state index contributed by atoms with van der Waals surface area (Å²) in [5.41, 5.74) is 2.76. The smallest absolute Gasteiger partial charge is 0.108 e. The minimum absolute atomic E-state index is 0.459. The second-order valence-corrected chi connectivity index (χ2v) is 5.50. The average molecular weight is 255 g/mol. The zero-order valence-electron chi connectivity index (χ0n) is 11.4. The van der Waals surface area contributed by atoms with Crippen molar-refractivity contribution in [2.75, 3.05) is 0 Å². The molecule has 0 aliphatic heterocycles. The molecule has 0 spiro atoms. The molecule has 3 rings (SSSR count). The van der Waals surface area contributed by atoms with Crippen LogP contribution in [0.15, 0.2) is 47.1 Å². The van der Waals surface area contributed by atoms with E-state index in [9.17, 15) is 0 Å². The molecule has 0 saturated carbocycles. The van der Waals surface area contributed by atoms with Gasteiger partial charge >= 0.3 is 0 Å². The molecule has 0 fully saturated rings. The summed E-state index contributed by atoms with van der Waals surface area (Å²) < 4.78 is 5.55. The molecular formula is C17H21NO. The van der Waals surface area contributed by atoms with E-state index in [2.05, 4.69) is 48.6 Å². The fourth-order valence-corrected chi connectivity index (χ4v) is 3.03. The summed E-state index contributed by atoms with van der Waals surface area (Å²) in [4.78, 5) is 0. The monoisotopic (exact) mass is 255 g/mol. The minimum atomic E-state index is 0.459. The lowest BCUT2D eigenvalue weighted by Gasteiger charge is -2.26. The fraction of sp³-hybridized carbons (Fsp3) is 0.412. The van der Waals surface area contributed by atoms with Crippen LogP contribution in [-0.4, -0.2) is 6.04 Å². The molecule has 2 aromatic rings. The SMILES string of the molecule is CC(Cc1ccccc1)NC1CCCc2occc21. The topological polar surface area (TPSA) is 25.2 Å². The summed E-state index contributed by atoms with van der Waals surface area (Å²) in [5, 5.41) is 3.75. The van der Waals surface area contributed by atoms with Crippen LogP contribution < -0.4 is 5.32 Å². The molecule has 0 amide bonds. The second kappa shape index (κ2) is 5.62. The molecule has 2 atom stereocenters. The summed E-state index contributed by atoms with van der Waals surface area (Å²) >= 11 is 0. The summed E-state index contributed by atoms with van der Waals surface area (Å²) in [6.07, 6.45) is 6.42. The molecule has 1 aromatic heterocycles. The first-order valence-electron chi connectivity index (χ1n) is 7.19. The molecule has 0 saturated heterocycles. The Morgan fingerprint density at radius 3 is 2.95 bits per heavy atom. The average Bonchev–Trinajstić information content (AvgIpc) is 2.89. The Balaban J connectivity index is 1.63. The number of aryl methyl sites for hydroxylation is 1. The molecule has 1 heterocycles. The van der Waals surface area contributed by atoms with Gasteiger partial charge in [0.25, 0.3) is 0 Å². The second-order valence-electron chi connectivity index (χ2n) is 5.50. The van der Waals surface area contributed by atoms with E-state index in [4.69, 9.17) is 4.42 Å². The van der Waals surface area contributed by atoms with E-state index in [1.54, 1.807) is 0 Å². The van der Waals surface area contributed by atoms with E-state index in [1.165, 1.54) is 29.7 Å². The molecule has 2 heteroatoms. The van der Waals surface area contributed by atoms with E-state index in [1.807, 2.05) is 6.26 Å². The standard InChI is InChI=1S/C17H21NO/c1-13(12-14-6-3-2-4-7-14)18-16-8-5-9-17-15(16)10-11-19-17/h2-4,6-7,10-11,13,16,18H,5,8-9,12H2,1H3. The van der Waals surface area contributed by atoms with Gasteiger partial charge in [-0.2, -0.15) is 0 Å². The molecule has 2 nitrogen and oxygen atoms in total. The third kappa shape index (κ3) is 2.90. The highest BCUT2D eigenvalue weighted by Gasteiger charge is 2.23. The number of rotatable bonds is 4. The molecule has 100 valence electrons. The van der Waals surface area contributed by atoms with E-state index < -0.39 is 0 Å². The molecule has 1 aliphatic carbocycles. The van der Waals surface area contributed by atoms with E-state index in [-0.39, 0.29) is 0 Å². The van der Waals surface area contributed by atoms with Crippen molar-refractivity contribution < 1.29 is 4.42 Å². The predicted molar refractivity (Wildman–Crippen MR) is 77.1 cm³/mol. The lowest BCUT2D eigenvalue weighted by atomic mass is 9.92. The number of hydrogen-bond acceptors (Lipinski definition) is 2. The van der Waals surface area contributed by atoms with Crippen molar-refractivity contribution in [2.24, 2.45) is 0 Å². The zero-order chi connectivity index (χ0) is 13.1. The van der Waals surface area contributed by atoms with Crippen LogP contribution in [-0.2, 0) is 12.8 Å². The van der Waals surface area contributed by atoms with Crippen LogP contribution in [0.1, 0.15) is 42.7 Å². The van der Waals surface area contributed by atoms with E-state index in [0.29, 0.717) is 12.1 Å². The Morgan fingerprint density at radius 1 is 1.26 bits per heavy atom. The molecule has 19 heavy (non-hydrogen) atoms. The molecular weight excluding hydrogens is 234 g/mol. The largest absolute Gasteiger partial charge is 0.469 e. The van der Waals surface area contributed by atoms with Crippen molar-refractivity contribution in [3.05, 3.63) is 59.5 Å². The van der Waals surface area contributed by atoms with Crippen LogP contribution in [0.4, 0.5) is 0 Å². The van der Waals surface area contributed by atoms with Gasteiger partial charge in [0, 0.05) is 24.1 Å². The van der Waals surface area contributed by atoms with Crippen LogP contribution in [0.5, 0.6) is 0 Å². The van der Waals surface area contributed by atoms with Crippen LogP contribution in [0.3, 0.4) is 0 Å². The Hall–Kier alpha value is -1.54. The fourth-order valence-electron chi connectivity index (χ4n) is 3.03. The van der Waals surface area contributed by atoms with Gasteiger partial charge in [-0.25, -0.2) is 0 Å². The number of benzene rings is 1. The highest BCUT2D eigenvalue weighted by Crippen LogP contribution is 2.30. The molecule has 1 N–H and O–H groups in total. The maximum atomic E-state index is 5.55. The third-order valence-corrected chi connectivity index (χ3v) is 3.92. The lowest BCUT2D eigenvalue weighted by molar-refractivity contribution is 0.380. The van der Waals surface area contributed by atoms with Gasteiger partial charge in [0.15, 0.2) is 0 Å². The molecule has 1 aliphatic rings. The molecule has 1 aromatic carbocycles. The maximum Gasteiger partial charge on any atom is 0.108 e. The van der Waals surface area contributed by atoms with Crippen molar-refractivity contribution in [3.63, 3.8) is 0 Å². The number of fused-ring (bicyclic) bond motifs is 1. The van der Waals surface area contributed by atoms with Gasteiger partial charge in [0.05, 0.1) is 6.26 Å². The van der Waals surface area contributed by atoms with Gasteiger partial charge in [-0.1, -0.05) is 30.3 Å². The maximum absolute atomic E-state index is 5.55. The third-order valence-electron chi connectivity index (χ3n) is 3.92. The van der Waals surface area contributed by atoms with Gasteiger partial charge in [-0.3, -0.25) is 0 Å². The molecule has 0 bridgehead atoms. The predicted octanol–water partition coefficient (Wildman–Crippen LogP) is 3.88. The highest BCUT2D eigenvalue weighted by atomic mass is 16.3. The first kappa shape index (κ1) is 12.5. The van der Waals surface area contributed by atoms with Crippen LogP contribution in [0, 0.1) is 0 Å². The van der Waals surface area contributed by atoms with Crippen LogP contribution in [0.25, 0.3) is 0 Å². The van der Waals surface area contributed by atoms with E-state index in [0.717, 1.165) is 12.8 Å². The van der Waals surface area contributed by atoms with E-state index >= 15 is 0 Å². The van der Waals surface area contributed by atoms with Gasteiger partial charge < -0.3 is 9.73 Å². The lowest BCUT2D eigenvalue weighted by Crippen LogP contribution is -2.33. The normalized spacial score (nSPS) is 19.9. The Bertz CT molecular complexity index is 517. The Labute approximate surface area is 114 Å². The Kier molecular flexibility index (Phi) is 3.69. The first-order valence-corrected chi connectivity index (χ1v) is 7.19. The first-order chi connectivity index (χ1) is 9.33. The summed E-state index contributed by atoms with van der Waals surface area (Å²) in [6, 6.07) is 13.7. The van der Waals surface area contributed by atoms with Crippen molar-refractivity contribution in [1.82, 2.24) is 5.32 Å². The van der Waals surface area contributed by atoms with Crippen LogP contribution >= 0.6 is 0 Å². The summed E-state index contributed by atoms with van der Waals surface area (Å²) in [6.45, 7) is 2.27. The van der Waals surface area contributed by atoms with Gasteiger partial charge in [0.2, 0.25) is 0 Å². The molecule has 0 radical (unpaired) electrons. The number of hydrogen-bond donors (Lipinski definition) is 1.